The molecule has 0 unspecified atom stereocenters. The Hall–Kier alpha value is -2.16. The number of rotatable bonds is 8. The number of hydrogen-bond donors (Lipinski definition) is 4. The zero-order valence-corrected chi connectivity index (χ0v) is 17.7. The fourth-order valence-corrected chi connectivity index (χ4v) is 3.92. The van der Waals surface area contributed by atoms with Crippen LogP contribution in [-0.4, -0.2) is 71.0 Å². The third-order valence-electron chi connectivity index (χ3n) is 5.68. The molecule has 4 atom stereocenters. The number of carboxylic acid groups (broad SMARTS) is 1. The fraction of sp³-hybridized carbons (Fsp3) is 0.800. The van der Waals surface area contributed by atoms with Gasteiger partial charge in [-0.15, -0.1) is 0 Å². The number of nitrogens with one attached hydrogen (secondary N) is 3. The molecule has 2 aliphatic rings. The molecule has 2 fully saturated rings. The second-order valence-corrected chi connectivity index (χ2v) is 8.64. The molecule has 0 aromatic rings. The van der Waals surface area contributed by atoms with E-state index in [4.69, 9.17) is 0 Å². The Morgan fingerprint density at radius 1 is 0.931 bits per heavy atom. The van der Waals surface area contributed by atoms with Crippen LogP contribution in [0.4, 0.5) is 0 Å². The van der Waals surface area contributed by atoms with Gasteiger partial charge in [-0.25, -0.2) is 4.79 Å². The summed E-state index contributed by atoms with van der Waals surface area (Å²) in [6.45, 7) is 8.35. The molecule has 9 heteroatoms. The summed E-state index contributed by atoms with van der Waals surface area (Å²) in [4.78, 5) is 51.3. The average Bonchev–Trinajstić information content (AvgIpc) is 3.33. The van der Waals surface area contributed by atoms with Gasteiger partial charge >= 0.3 is 5.97 Å². The molecule has 0 saturated carbocycles. The van der Waals surface area contributed by atoms with Gasteiger partial charge in [0.2, 0.25) is 17.7 Å². The van der Waals surface area contributed by atoms with Crippen LogP contribution in [-0.2, 0) is 19.2 Å². The van der Waals surface area contributed by atoms with Crippen molar-refractivity contribution in [1.82, 2.24) is 20.9 Å². The SMILES string of the molecule is CC(C)[C@H](NC(=O)[C@@H]1CCCN1C(=O)[C@@H](NC(=O)[C@@H]1CCCN1)C(C)C)C(=O)O. The van der Waals surface area contributed by atoms with Gasteiger partial charge in [0, 0.05) is 6.54 Å². The monoisotopic (exact) mass is 410 g/mol. The molecule has 4 N–H and O–H groups in total. The summed E-state index contributed by atoms with van der Waals surface area (Å²) in [7, 11) is 0. The van der Waals surface area contributed by atoms with Gasteiger partial charge in [0.05, 0.1) is 6.04 Å². The maximum absolute atomic E-state index is 13.2. The van der Waals surface area contributed by atoms with Crippen molar-refractivity contribution >= 4 is 23.7 Å². The van der Waals surface area contributed by atoms with Gasteiger partial charge in [0.25, 0.3) is 0 Å². The summed E-state index contributed by atoms with van der Waals surface area (Å²) < 4.78 is 0. The van der Waals surface area contributed by atoms with Crippen LogP contribution in [0.2, 0.25) is 0 Å². The summed E-state index contributed by atoms with van der Waals surface area (Å²) in [6.07, 6.45) is 2.80. The van der Waals surface area contributed by atoms with Crippen molar-refractivity contribution in [2.75, 3.05) is 13.1 Å². The molecule has 2 rings (SSSR count). The van der Waals surface area contributed by atoms with Gasteiger partial charge < -0.3 is 26.0 Å². The summed E-state index contributed by atoms with van der Waals surface area (Å²) in [5, 5.41) is 17.9. The lowest BCUT2D eigenvalue weighted by molar-refractivity contribution is -0.146. The van der Waals surface area contributed by atoms with E-state index in [0.29, 0.717) is 19.4 Å². The predicted molar refractivity (Wildman–Crippen MR) is 107 cm³/mol. The highest BCUT2D eigenvalue weighted by Crippen LogP contribution is 2.21. The molecule has 0 bridgehead atoms. The highest BCUT2D eigenvalue weighted by Gasteiger charge is 2.40. The smallest absolute Gasteiger partial charge is 0.326 e. The first-order valence-corrected chi connectivity index (χ1v) is 10.5. The molecule has 0 spiro atoms. The molecular formula is C20H34N4O5. The van der Waals surface area contributed by atoms with Gasteiger partial charge in [-0.3, -0.25) is 14.4 Å². The normalized spacial score (nSPS) is 23.9. The van der Waals surface area contributed by atoms with E-state index in [2.05, 4.69) is 16.0 Å². The van der Waals surface area contributed by atoms with Gasteiger partial charge in [-0.1, -0.05) is 27.7 Å². The largest absolute Gasteiger partial charge is 0.480 e. The molecule has 164 valence electrons. The Morgan fingerprint density at radius 3 is 2.07 bits per heavy atom. The number of carbonyl (C=O) groups excluding carboxylic acids is 3. The van der Waals surface area contributed by atoms with E-state index in [1.807, 2.05) is 13.8 Å². The first kappa shape index (κ1) is 23.1. The quantitative estimate of drug-likeness (QED) is 0.449. The second-order valence-electron chi connectivity index (χ2n) is 8.64. The summed E-state index contributed by atoms with van der Waals surface area (Å²) in [6, 6.07) is -2.73. The predicted octanol–water partition coefficient (Wildman–Crippen LogP) is 0.0956. The Labute approximate surface area is 172 Å². The molecule has 29 heavy (non-hydrogen) atoms. The average molecular weight is 411 g/mol. The minimum Gasteiger partial charge on any atom is -0.480 e. The highest BCUT2D eigenvalue weighted by molar-refractivity contribution is 5.94. The lowest BCUT2D eigenvalue weighted by Gasteiger charge is -2.31. The number of amides is 3. The molecule has 0 aromatic carbocycles. The van der Waals surface area contributed by atoms with Crippen LogP contribution in [0.1, 0.15) is 53.4 Å². The zero-order valence-electron chi connectivity index (χ0n) is 17.7. The van der Waals surface area contributed by atoms with Crippen LogP contribution in [0.5, 0.6) is 0 Å². The minimum absolute atomic E-state index is 0.139. The molecular weight excluding hydrogens is 376 g/mol. The Morgan fingerprint density at radius 2 is 1.55 bits per heavy atom. The van der Waals surface area contributed by atoms with Crippen LogP contribution in [0.25, 0.3) is 0 Å². The minimum atomic E-state index is -1.10. The Balaban J connectivity index is 2.08. The van der Waals surface area contributed by atoms with E-state index < -0.39 is 30.0 Å². The van der Waals surface area contributed by atoms with Crippen LogP contribution >= 0.6 is 0 Å². The number of carbonyl (C=O) groups is 4. The standard InChI is InChI=1S/C20H34N4O5/c1-11(2)15(22-17(25)13-7-5-9-21-13)19(27)24-10-6-8-14(24)18(26)23-16(12(3)4)20(28)29/h11-16,21H,5-10H2,1-4H3,(H,22,25)(H,23,26)(H,28,29)/t13-,14-,15-,16-/m0/s1. The lowest BCUT2D eigenvalue weighted by atomic mass is 10.0. The van der Waals surface area contributed by atoms with E-state index in [1.54, 1.807) is 13.8 Å². The first-order valence-electron chi connectivity index (χ1n) is 10.5. The number of carboxylic acids is 1. The van der Waals surface area contributed by atoms with Crippen molar-refractivity contribution in [3.8, 4) is 0 Å². The molecule has 0 radical (unpaired) electrons. The maximum Gasteiger partial charge on any atom is 0.326 e. The highest BCUT2D eigenvalue weighted by atomic mass is 16.4. The van der Waals surface area contributed by atoms with Crippen LogP contribution in [0.3, 0.4) is 0 Å². The second kappa shape index (κ2) is 10.0. The zero-order chi connectivity index (χ0) is 21.7. The van der Waals surface area contributed by atoms with E-state index in [0.717, 1.165) is 19.4 Å². The molecule has 0 aromatic heterocycles. The van der Waals surface area contributed by atoms with Gasteiger partial charge in [0.1, 0.15) is 18.1 Å². The molecule has 2 heterocycles. The molecule has 9 nitrogen and oxygen atoms in total. The number of nitrogens with zero attached hydrogens (tertiary/aromatic N) is 1. The van der Waals surface area contributed by atoms with Crippen molar-refractivity contribution in [3.63, 3.8) is 0 Å². The van der Waals surface area contributed by atoms with Crippen molar-refractivity contribution in [1.29, 1.82) is 0 Å². The van der Waals surface area contributed by atoms with Crippen molar-refractivity contribution in [3.05, 3.63) is 0 Å². The number of likely N-dealkylation sites (tertiary alicyclic amines) is 1. The third kappa shape index (κ3) is 5.68. The number of aliphatic carboxylic acids is 1. The topological polar surface area (TPSA) is 128 Å². The molecule has 3 amide bonds. The van der Waals surface area contributed by atoms with Gasteiger partial charge in [0.15, 0.2) is 0 Å². The van der Waals surface area contributed by atoms with Gasteiger partial charge in [-0.2, -0.15) is 0 Å². The summed E-state index contributed by atoms with van der Waals surface area (Å²) >= 11 is 0. The van der Waals surface area contributed by atoms with Crippen LogP contribution in [0, 0.1) is 11.8 Å². The van der Waals surface area contributed by atoms with Crippen molar-refractivity contribution in [2.45, 2.75) is 77.5 Å². The van der Waals surface area contributed by atoms with Crippen LogP contribution in [0.15, 0.2) is 0 Å². The van der Waals surface area contributed by atoms with E-state index in [9.17, 15) is 24.3 Å². The summed E-state index contributed by atoms with van der Waals surface area (Å²) in [5.74, 6) is -2.45. The van der Waals surface area contributed by atoms with Crippen LogP contribution < -0.4 is 16.0 Å². The third-order valence-corrected chi connectivity index (χ3v) is 5.68. The summed E-state index contributed by atoms with van der Waals surface area (Å²) in [5.41, 5.74) is 0. The Bertz CT molecular complexity index is 630. The van der Waals surface area contributed by atoms with Crippen molar-refractivity contribution < 1.29 is 24.3 Å². The van der Waals surface area contributed by atoms with E-state index >= 15 is 0 Å². The molecule has 0 aliphatic carbocycles. The fourth-order valence-electron chi connectivity index (χ4n) is 3.92. The lowest BCUT2D eigenvalue weighted by Crippen LogP contribution is -2.58. The van der Waals surface area contributed by atoms with Gasteiger partial charge in [-0.05, 0) is 44.1 Å². The van der Waals surface area contributed by atoms with E-state index in [1.165, 1.54) is 4.90 Å². The molecule has 2 saturated heterocycles. The van der Waals surface area contributed by atoms with Crippen molar-refractivity contribution in [2.24, 2.45) is 11.8 Å². The Kier molecular flexibility index (Phi) is 8.01. The maximum atomic E-state index is 13.2. The van der Waals surface area contributed by atoms with E-state index in [-0.39, 0.29) is 29.7 Å². The number of hydrogen-bond acceptors (Lipinski definition) is 5. The first-order chi connectivity index (χ1) is 13.6. The molecule has 2 aliphatic heterocycles.